The van der Waals surface area contributed by atoms with Gasteiger partial charge in [0.15, 0.2) is 5.76 Å². The van der Waals surface area contributed by atoms with E-state index >= 15 is 0 Å². The smallest absolute Gasteiger partial charge is 0.308 e. The van der Waals surface area contributed by atoms with Crippen LogP contribution < -0.4 is 10.0 Å². The number of hydrogen-bond acceptors (Lipinski definition) is 5. The van der Waals surface area contributed by atoms with Gasteiger partial charge < -0.3 is 14.8 Å². The first-order valence-electron chi connectivity index (χ1n) is 7.83. The highest BCUT2D eigenvalue weighted by Gasteiger charge is 2.31. The zero-order valence-electron chi connectivity index (χ0n) is 13.4. The average molecular weight is 358 g/mol. The Morgan fingerprint density at radius 2 is 1.96 bits per heavy atom. The molecule has 2 atom stereocenters. The molecule has 9 heteroatoms. The minimum Gasteiger partial charge on any atom is -0.481 e. The molecule has 1 heterocycles. The lowest BCUT2D eigenvalue weighted by atomic mass is 9.95. The van der Waals surface area contributed by atoms with E-state index in [-0.39, 0.29) is 12.3 Å². The summed E-state index contributed by atoms with van der Waals surface area (Å²) in [6, 6.07) is 2.52. The predicted molar refractivity (Wildman–Crippen MR) is 85.9 cm³/mol. The molecule has 0 unspecified atom stereocenters. The monoisotopic (exact) mass is 358 g/mol. The Morgan fingerprint density at radius 3 is 2.62 bits per heavy atom. The van der Waals surface area contributed by atoms with E-state index in [2.05, 4.69) is 10.0 Å². The lowest BCUT2D eigenvalue weighted by molar-refractivity contribution is -0.142. The fourth-order valence-electron chi connectivity index (χ4n) is 2.81. The summed E-state index contributed by atoms with van der Waals surface area (Å²) in [7, 11) is -3.35. The highest BCUT2D eigenvalue weighted by molar-refractivity contribution is 7.88. The van der Waals surface area contributed by atoms with Crippen LogP contribution in [0.1, 0.15) is 48.4 Å². The maximum atomic E-state index is 12.3. The number of carboxylic acids is 1. The van der Waals surface area contributed by atoms with E-state index in [1.807, 2.05) is 0 Å². The third-order valence-corrected chi connectivity index (χ3v) is 4.71. The maximum absolute atomic E-state index is 12.3. The van der Waals surface area contributed by atoms with Crippen molar-refractivity contribution in [3.63, 3.8) is 0 Å². The molecular formula is C15H22N2O6S. The fourth-order valence-corrected chi connectivity index (χ4v) is 3.22. The Bertz CT molecular complexity index is 697. The third kappa shape index (κ3) is 5.34. The van der Waals surface area contributed by atoms with Crippen molar-refractivity contribution in [1.82, 2.24) is 10.0 Å². The predicted octanol–water partition coefficient (Wildman–Crippen LogP) is 1.09. The molecule has 2 rings (SSSR count). The topological polar surface area (TPSA) is 126 Å². The minimum absolute atomic E-state index is 0.0358. The number of sulfonamides is 1. The van der Waals surface area contributed by atoms with Gasteiger partial charge in [0.1, 0.15) is 5.76 Å². The highest BCUT2D eigenvalue weighted by atomic mass is 32.2. The van der Waals surface area contributed by atoms with Crippen LogP contribution in [0, 0.1) is 5.92 Å². The normalized spacial score (nSPS) is 21.9. The van der Waals surface area contributed by atoms with E-state index in [1.54, 1.807) is 0 Å². The van der Waals surface area contributed by atoms with Crippen molar-refractivity contribution in [1.29, 1.82) is 0 Å². The van der Waals surface area contributed by atoms with Crippen molar-refractivity contribution in [3.8, 4) is 0 Å². The van der Waals surface area contributed by atoms with Crippen LogP contribution in [-0.2, 0) is 21.4 Å². The molecule has 1 amide bonds. The van der Waals surface area contributed by atoms with E-state index in [1.165, 1.54) is 12.1 Å². The largest absolute Gasteiger partial charge is 0.481 e. The van der Waals surface area contributed by atoms with Crippen LogP contribution in [0.5, 0.6) is 0 Å². The second kappa shape index (κ2) is 7.80. The Balaban J connectivity index is 2.00. The van der Waals surface area contributed by atoms with Gasteiger partial charge in [-0.2, -0.15) is 0 Å². The third-order valence-electron chi connectivity index (χ3n) is 4.04. The first-order chi connectivity index (χ1) is 11.3. The molecule has 0 aromatic carbocycles. The second-order valence-electron chi connectivity index (χ2n) is 6.02. The van der Waals surface area contributed by atoms with Gasteiger partial charge in [0.2, 0.25) is 10.0 Å². The van der Waals surface area contributed by atoms with E-state index in [4.69, 9.17) is 4.42 Å². The molecule has 1 aliphatic rings. The standard InChI is InChI=1S/C15H22N2O6S/c1-24(21,22)16-9-10-7-8-13(23-10)14(18)17-12-6-4-2-3-5-11(12)15(19)20/h7-8,11-12,16H,2-6,9H2,1H3,(H,17,18)(H,19,20)/t11-,12+/m1/s1. The van der Waals surface area contributed by atoms with Crippen LogP contribution in [0.2, 0.25) is 0 Å². The van der Waals surface area contributed by atoms with Crippen molar-refractivity contribution in [2.45, 2.75) is 44.7 Å². The van der Waals surface area contributed by atoms with Crippen LogP contribution in [0.3, 0.4) is 0 Å². The fraction of sp³-hybridized carbons (Fsp3) is 0.600. The molecule has 8 nitrogen and oxygen atoms in total. The minimum atomic E-state index is -3.35. The number of amides is 1. The van der Waals surface area contributed by atoms with Crippen molar-refractivity contribution in [2.24, 2.45) is 5.92 Å². The van der Waals surface area contributed by atoms with Crippen molar-refractivity contribution >= 4 is 21.9 Å². The van der Waals surface area contributed by atoms with Crippen LogP contribution in [0.25, 0.3) is 0 Å². The molecule has 24 heavy (non-hydrogen) atoms. The Labute approximate surface area is 140 Å². The van der Waals surface area contributed by atoms with Gasteiger partial charge in [-0.3, -0.25) is 9.59 Å². The van der Waals surface area contributed by atoms with Crippen LogP contribution in [-0.4, -0.2) is 37.7 Å². The molecule has 1 aliphatic carbocycles. The second-order valence-corrected chi connectivity index (χ2v) is 7.85. The molecule has 134 valence electrons. The summed E-state index contributed by atoms with van der Waals surface area (Å²) in [6.45, 7) is -0.0483. The van der Waals surface area contributed by atoms with Crippen LogP contribution in [0.4, 0.5) is 0 Å². The van der Waals surface area contributed by atoms with E-state index in [0.29, 0.717) is 18.6 Å². The highest BCUT2D eigenvalue weighted by Crippen LogP contribution is 2.24. The average Bonchev–Trinajstić information content (AvgIpc) is 2.84. The maximum Gasteiger partial charge on any atom is 0.308 e. The summed E-state index contributed by atoms with van der Waals surface area (Å²) in [5, 5.41) is 12.1. The number of hydrogen-bond donors (Lipinski definition) is 3. The molecule has 0 bridgehead atoms. The van der Waals surface area contributed by atoms with Gasteiger partial charge in [-0.05, 0) is 25.0 Å². The number of carboxylic acid groups (broad SMARTS) is 1. The first-order valence-corrected chi connectivity index (χ1v) is 9.72. The lowest BCUT2D eigenvalue weighted by Crippen LogP contribution is -2.42. The van der Waals surface area contributed by atoms with Gasteiger partial charge in [0.25, 0.3) is 5.91 Å². The Morgan fingerprint density at radius 1 is 1.25 bits per heavy atom. The molecule has 1 aromatic heterocycles. The first kappa shape index (κ1) is 18.5. The quantitative estimate of drug-likeness (QED) is 0.654. The Hall–Kier alpha value is -1.87. The van der Waals surface area contributed by atoms with Crippen molar-refractivity contribution < 1.29 is 27.5 Å². The summed E-state index contributed by atoms with van der Waals surface area (Å²) >= 11 is 0. The van der Waals surface area contributed by atoms with Gasteiger partial charge in [-0.1, -0.05) is 19.3 Å². The number of nitrogens with one attached hydrogen (secondary N) is 2. The molecular weight excluding hydrogens is 336 g/mol. The zero-order valence-corrected chi connectivity index (χ0v) is 14.3. The van der Waals surface area contributed by atoms with Gasteiger partial charge in [0, 0.05) is 6.04 Å². The zero-order chi connectivity index (χ0) is 17.7. The molecule has 0 radical (unpaired) electrons. The van der Waals surface area contributed by atoms with Gasteiger partial charge in [-0.15, -0.1) is 0 Å². The molecule has 3 N–H and O–H groups in total. The number of aliphatic carboxylic acids is 1. The molecule has 0 spiro atoms. The molecule has 1 saturated carbocycles. The summed E-state index contributed by atoms with van der Waals surface area (Å²) in [6.07, 6.45) is 4.86. The number of carbonyl (C=O) groups is 2. The number of rotatable bonds is 6. The summed E-state index contributed by atoms with van der Waals surface area (Å²) in [4.78, 5) is 23.7. The number of furan rings is 1. The van der Waals surface area contributed by atoms with Crippen LogP contribution in [0.15, 0.2) is 16.5 Å². The van der Waals surface area contributed by atoms with E-state index in [9.17, 15) is 23.1 Å². The number of carbonyl (C=O) groups excluding carboxylic acids is 1. The SMILES string of the molecule is CS(=O)(=O)NCc1ccc(C(=O)N[C@H]2CCCCC[C@H]2C(=O)O)o1. The van der Waals surface area contributed by atoms with E-state index < -0.39 is 33.9 Å². The van der Waals surface area contributed by atoms with Gasteiger partial charge in [0.05, 0.1) is 18.7 Å². The van der Waals surface area contributed by atoms with Crippen molar-refractivity contribution in [3.05, 3.63) is 23.7 Å². The Kier molecular flexibility index (Phi) is 6.00. The molecule has 1 fully saturated rings. The molecule has 1 aromatic rings. The summed E-state index contributed by atoms with van der Waals surface area (Å²) in [5.74, 6) is -1.65. The summed E-state index contributed by atoms with van der Waals surface area (Å²) in [5.41, 5.74) is 0. The van der Waals surface area contributed by atoms with Crippen LogP contribution >= 0.6 is 0 Å². The molecule has 0 aliphatic heterocycles. The lowest BCUT2D eigenvalue weighted by Gasteiger charge is -2.22. The van der Waals surface area contributed by atoms with Gasteiger partial charge in [-0.25, -0.2) is 13.1 Å². The van der Waals surface area contributed by atoms with Crippen molar-refractivity contribution in [2.75, 3.05) is 6.26 Å². The summed E-state index contributed by atoms with van der Waals surface area (Å²) < 4.78 is 29.7. The molecule has 0 saturated heterocycles. The van der Waals surface area contributed by atoms with E-state index in [0.717, 1.165) is 25.5 Å². The van der Waals surface area contributed by atoms with Gasteiger partial charge >= 0.3 is 5.97 Å².